The first-order chi connectivity index (χ1) is 14.4. The molecule has 0 N–H and O–H groups in total. The standard InChI is InChI=1S/C22H19FN2O3S2/c1-12(2)28-21(27)18-13(3)24-22-25(19(18)16-9-6-10-29-16)20(26)17(30-22)11-14-7-4-5-8-15(14)23/h4-12,19H,1-3H3/b17-11+/t19-/m0/s1. The van der Waals surface area contributed by atoms with Crippen molar-refractivity contribution < 1.29 is 13.9 Å². The molecule has 154 valence electrons. The molecule has 0 radical (unpaired) electrons. The molecule has 30 heavy (non-hydrogen) atoms. The van der Waals surface area contributed by atoms with Crippen molar-refractivity contribution in [1.29, 1.82) is 0 Å². The average Bonchev–Trinajstić information content (AvgIpc) is 3.31. The monoisotopic (exact) mass is 442 g/mol. The van der Waals surface area contributed by atoms with E-state index in [1.807, 2.05) is 17.5 Å². The van der Waals surface area contributed by atoms with Crippen LogP contribution in [0.4, 0.5) is 4.39 Å². The summed E-state index contributed by atoms with van der Waals surface area (Å²) >= 11 is 2.63. The van der Waals surface area contributed by atoms with Crippen molar-refractivity contribution in [3.63, 3.8) is 0 Å². The Morgan fingerprint density at radius 2 is 2.03 bits per heavy atom. The number of benzene rings is 1. The first-order valence-electron chi connectivity index (χ1n) is 9.38. The van der Waals surface area contributed by atoms with Crippen LogP contribution >= 0.6 is 22.7 Å². The molecule has 4 rings (SSSR count). The van der Waals surface area contributed by atoms with Crippen LogP contribution in [0.5, 0.6) is 0 Å². The highest BCUT2D eigenvalue weighted by Gasteiger charge is 2.34. The van der Waals surface area contributed by atoms with E-state index >= 15 is 0 Å². The van der Waals surface area contributed by atoms with E-state index in [9.17, 15) is 14.0 Å². The van der Waals surface area contributed by atoms with E-state index in [-0.39, 0.29) is 11.7 Å². The van der Waals surface area contributed by atoms with Crippen LogP contribution in [0.15, 0.2) is 62.8 Å². The highest BCUT2D eigenvalue weighted by atomic mass is 32.1. The van der Waals surface area contributed by atoms with E-state index < -0.39 is 17.8 Å². The minimum atomic E-state index is -0.629. The Hall–Kier alpha value is -2.84. The number of esters is 1. The van der Waals surface area contributed by atoms with Gasteiger partial charge in [0.2, 0.25) is 0 Å². The second-order valence-corrected chi connectivity index (χ2v) is 9.06. The largest absolute Gasteiger partial charge is 0.459 e. The topological polar surface area (TPSA) is 60.7 Å². The highest BCUT2D eigenvalue weighted by Crippen LogP contribution is 2.33. The quantitative estimate of drug-likeness (QED) is 0.582. The fourth-order valence-electron chi connectivity index (χ4n) is 3.31. The maximum Gasteiger partial charge on any atom is 0.338 e. The van der Waals surface area contributed by atoms with Crippen LogP contribution in [0.2, 0.25) is 0 Å². The fraction of sp³-hybridized carbons (Fsp3) is 0.227. The average molecular weight is 443 g/mol. The zero-order valence-corrected chi connectivity index (χ0v) is 18.2. The van der Waals surface area contributed by atoms with E-state index in [0.29, 0.717) is 26.2 Å². The normalized spacial score (nSPS) is 16.6. The molecule has 1 aliphatic heterocycles. The molecule has 1 aromatic carbocycles. The number of ether oxygens (including phenoxy) is 1. The van der Waals surface area contributed by atoms with Crippen LogP contribution in [0.3, 0.4) is 0 Å². The molecular formula is C22H19FN2O3S2. The van der Waals surface area contributed by atoms with Gasteiger partial charge in [0.15, 0.2) is 4.80 Å². The van der Waals surface area contributed by atoms with E-state index in [2.05, 4.69) is 4.99 Å². The zero-order valence-electron chi connectivity index (χ0n) is 16.6. The predicted octanol–water partition coefficient (Wildman–Crippen LogP) is 3.39. The molecule has 0 saturated carbocycles. The molecule has 0 fully saturated rings. The number of thiazole rings is 1. The lowest BCUT2D eigenvalue weighted by molar-refractivity contribution is -0.143. The Balaban J connectivity index is 1.94. The van der Waals surface area contributed by atoms with Gasteiger partial charge in [-0.1, -0.05) is 35.6 Å². The van der Waals surface area contributed by atoms with E-state index in [4.69, 9.17) is 4.74 Å². The summed E-state index contributed by atoms with van der Waals surface area (Å²) in [6.07, 6.45) is 1.23. The molecule has 3 heterocycles. The fourth-order valence-corrected chi connectivity index (χ4v) is 5.17. The number of carbonyl (C=O) groups excluding carboxylic acids is 1. The van der Waals surface area contributed by atoms with Gasteiger partial charge in [0.1, 0.15) is 11.9 Å². The molecule has 0 unspecified atom stereocenters. The van der Waals surface area contributed by atoms with E-state index in [1.54, 1.807) is 39.0 Å². The number of halogens is 1. The smallest absolute Gasteiger partial charge is 0.338 e. The summed E-state index contributed by atoms with van der Waals surface area (Å²) in [5.74, 6) is -0.899. The van der Waals surface area contributed by atoms with Crippen LogP contribution in [0.25, 0.3) is 6.08 Å². The molecule has 1 atom stereocenters. The molecule has 1 aliphatic rings. The van der Waals surface area contributed by atoms with Gasteiger partial charge >= 0.3 is 5.97 Å². The van der Waals surface area contributed by atoms with Gasteiger partial charge < -0.3 is 4.74 Å². The Bertz CT molecular complexity index is 1320. The van der Waals surface area contributed by atoms with Crippen LogP contribution in [0, 0.1) is 5.82 Å². The van der Waals surface area contributed by atoms with Crippen molar-refractivity contribution in [1.82, 2.24) is 4.57 Å². The third-order valence-corrected chi connectivity index (χ3v) is 6.50. The van der Waals surface area contributed by atoms with Gasteiger partial charge in [-0.05, 0) is 44.4 Å². The summed E-state index contributed by atoms with van der Waals surface area (Å²) in [4.78, 5) is 32.0. The highest BCUT2D eigenvalue weighted by molar-refractivity contribution is 7.10. The lowest BCUT2D eigenvalue weighted by Gasteiger charge is -2.24. The first-order valence-corrected chi connectivity index (χ1v) is 11.1. The van der Waals surface area contributed by atoms with Crippen molar-refractivity contribution in [2.45, 2.75) is 32.9 Å². The zero-order chi connectivity index (χ0) is 21.4. The number of thiophene rings is 1. The van der Waals surface area contributed by atoms with Crippen molar-refractivity contribution in [2.24, 2.45) is 4.99 Å². The third kappa shape index (κ3) is 3.68. The number of hydrogen-bond acceptors (Lipinski definition) is 6. The molecule has 0 bridgehead atoms. The molecule has 0 saturated heterocycles. The Kier molecular flexibility index (Phi) is 5.53. The minimum absolute atomic E-state index is 0.299. The van der Waals surface area contributed by atoms with Gasteiger partial charge in [0.05, 0.1) is 21.9 Å². The van der Waals surface area contributed by atoms with Gasteiger partial charge in [-0.15, -0.1) is 11.3 Å². The maximum atomic E-state index is 14.1. The third-order valence-electron chi connectivity index (χ3n) is 4.59. The Morgan fingerprint density at radius 3 is 2.70 bits per heavy atom. The van der Waals surface area contributed by atoms with Gasteiger partial charge in [-0.25, -0.2) is 14.2 Å². The van der Waals surface area contributed by atoms with Gasteiger partial charge in [0.25, 0.3) is 5.56 Å². The SMILES string of the molecule is CC1=C(C(=O)OC(C)C)[C@H](c2cccs2)n2c(s/c(=C/c3ccccc3F)c2=O)=N1. The van der Waals surface area contributed by atoms with Crippen molar-refractivity contribution in [2.75, 3.05) is 0 Å². The second kappa shape index (κ2) is 8.12. The molecule has 8 heteroatoms. The lowest BCUT2D eigenvalue weighted by atomic mass is 10.0. The van der Waals surface area contributed by atoms with Crippen molar-refractivity contribution >= 4 is 34.7 Å². The van der Waals surface area contributed by atoms with Gasteiger partial charge in [-0.2, -0.15) is 0 Å². The van der Waals surface area contributed by atoms with Crippen LogP contribution in [0.1, 0.15) is 37.3 Å². The number of allylic oxidation sites excluding steroid dienone is 1. The summed E-state index contributed by atoms with van der Waals surface area (Å²) in [5.41, 5.74) is 0.863. The number of hydrogen-bond donors (Lipinski definition) is 0. The molecule has 3 aromatic rings. The molecular weight excluding hydrogens is 423 g/mol. The Labute approximate surface area is 180 Å². The van der Waals surface area contributed by atoms with Gasteiger partial charge in [-0.3, -0.25) is 9.36 Å². The summed E-state index contributed by atoms with van der Waals surface area (Å²) < 4.78 is 21.4. The molecule has 2 aromatic heterocycles. The number of rotatable bonds is 4. The van der Waals surface area contributed by atoms with Crippen molar-refractivity contribution in [3.8, 4) is 0 Å². The number of aromatic nitrogens is 1. The van der Waals surface area contributed by atoms with Crippen LogP contribution < -0.4 is 14.9 Å². The van der Waals surface area contributed by atoms with E-state index in [1.165, 1.54) is 39.4 Å². The first kappa shape index (κ1) is 20.4. The summed E-state index contributed by atoms with van der Waals surface area (Å²) in [5, 5.41) is 1.89. The summed E-state index contributed by atoms with van der Waals surface area (Å²) in [7, 11) is 0. The minimum Gasteiger partial charge on any atom is -0.459 e. The van der Waals surface area contributed by atoms with Crippen molar-refractivity contribution in [3.05, 3.63) is 89.0 Å². The molecule has 5 nitrogen and oxygen atoms in total. The van der Waals surface area contributed by atoms with E-state index in [0.717, 1.165) is 4.88 Å². The predicted molar refractivity (Wildman–Crippen MR) is 116 cm³/mol. The lowest BCUT2D eigenvalue weighted by Crippen LogP contribution is -2.39. The van der Waals surface area contributed by atoms with Gasteiger partial charge in [0, 0.05) is 10.4 Å². The number of carbonyl (C=O) groups is 1. The van der Waals surface area contributed by atoms with Crippen LogP contribution in [-0.4, -0.2) is 16.6 Å². The summed E-state index contributed by atoms with van der Waals surface area (Å²) in [6, 6.07) is 9.39. The molecule has 0 amide bonds. The summed E-state index contributed by atoms with van der Waals surface area (Å²) in [6.45, 7) is 5.29. The molecule has 0 spiro atoms. The number of nitrogens with zero attached hydrogens (tertiary/aromatic N) is 2. The number of fused-ring (bicyclic) bond motifs is 1. The maximum absolute atomic E-state index is 14.1. The second-order valence-electron chi connectivity index (χ2n) is 7.07. The Morgan fingerprint density at radius 1 is 1.27 bits per heavy atom. The molecule has 0 aliphatic carbocycles. The van der Waals surface area contributed by atoms with Crippen LogP contribution in [-0.2, 0) is 9.53 Å².